The Morgan fingerprint density at radius 3 is 2.26 bits per heavy atom. The molecule has 100 valence electrons. The zero-order valence-corrected chi connectivity index (χ0v) is 12.1. The molecule has 0 radical (unpaired) electrons. The molecule has 0 saturated carbocycles. The second-order valence-electron chi connectivity index (χ2n) is 5.35. The van der Waals surface area contributed by atoms with Crippen molar-refractivity contribution in [3.8, 4) is 0 Å². The van der Waals surface area contributed by atoms with Crippen molar-refractivity contribution in [3.63, 3.8) is 0 Å². The van der Waals surface area contributed by atoms with E-state index in [1.54, 1.807) is 0 Å². The van der Waals surface area contributed by atoms with E-state index < -0.39 is 0 Å². The lowest BCUT2D eigenvalue weighted by atomic mass is 9.78. The van der Waals surface area contributed by atoms with E-state index in [1.807, 2.05) is 24.3 Å². The average Bonchev–Trinajstić information content (AvgIpc) is 2.42. The largest absolute Gasteiger partial charge is 0.395 e. The second kappa shape index (κ2) is 5.77. The third kappa shape index (κ3) is 3.17. The van der Waals surface area contributed by atoms with E-state index in [-0.39, 0.29) is 12.0 Å². The third-order valence-electron chi connectivity index (χ3n) is 3.64. The van der Waals surface area contributed by atoms with Gasteiger partial charge in [0.25, 0.3) is 0 Å². The smallest absolute Gasteiger partial charge is 0.0528 e. The molecule has 2 heteroatoms. The summed E-state index contributed by atoms with van der Waals surface area (Å²) in [5.74, 6) is 0. The van der Waals surface area contributed by atoms with Gasteiger partial charge in [-0.05, 0) is 30.5 Å². The van der Waals surface area contributed by atoms with Gasteiger partial charge in [0.15, 0.2) is 0 Å². The lowest BCUT2D eigenvalue weighted by Gasteiger charge is -2.28. The maximum atomic E-state index is 9.82. The molecule has 2 aromatic carbocycles. The van der Waals surface area contributed by atoms with Crippen molar-refractivity contribution in [1.82, 2.24) is 0 Å². The molecule has 0 spiro atoms. The fourth-order valence-electron chi connectivity index (χ4n) is 2.27. The van der Waals surface area contributed by atoms with Gasteiger partial charge in [0.05, 0.1) is 6.61 Å². The van der Waals surface area contributed by atoms with Crippen LogP contribution in [0.15, 0.2) is 48.5 Å². The normalized spacial score (nSPS) is 14.1. The Morgan fingerprint density at radius 1 is 1.05 bits per heavy atom. The molecule has 1 unspecified atom stereocenters. The molecule has 1 nitrogen and oxygen atoms in total. The Morgan fingerprint density at radius 2 is 1.68 bits per heavy atom. The Kier molecular flexibility index (Phi) is 4.28. The highest BCUT2D eigenvalue weighted by Crippen LogP contribution is 2.30. The number of aliphatic hydroxyl groups excluding tert-OH is 1. The van der Waals surface area contributed by atoms with E-state index >= 15 is 0 Å². The van der Waals surface area contributed by atoms with Gasteiger partial charge in [-0.25, -0.2) is 0 Å². The lowest BCUT2D eigenvalue weighted by Crippen LogP contribution is -2.29. The summed E-state index contributed by atoms with van der Waals surface area (Å²) in [6.07, 6.45) is 0.728. The van der Waals surface area contributed by atoms with Crippen molar-refractivity contribution in [2.75, 3.05) is 6.61 Å². The first-order valence-corrected chi connectivity index (χ1v) is 6.84. The minimum absolute atomic E-state index is 0.0985. The molecule has 19 heavy (non-hydrogen) atoms. The molecule has 0 aliphatic rings. The predicted molar refractivity (Wildman–Crippen MR) is 80.8 cm³/mol. The first-order valence-electron chi connectivity index (χ1n) is 6.46. The van der Waals surface area contributed by atoms with Gasteiger partial charge in [0, 0.05) is 10.4 Å². The average molecular weight is 275 g/mol. The van der Waals surface area contributed by atoms with Crippen LogP contribution in [-0.2, 0) is 11.8 Å². The van der Waals surface area contributed by atoms with Crippen molar-refractivity contribution in [3.05, 3.63) is 70.2 Å². The summed E-state index contributed by atoms with van der Waals surface area (Å²) < 4.78 is 0. The molecule has 1 N–H and O–H groups in total. The van der Waals surface area contributed by atoms with Crippen molar-refractivity contribution >= 4 is 11.6 Å². The SMILES string of the molecule is Cc1ccc(C(C)(CO)Cc2ccccc2Cl)cc1. The first-order chi connectivity index (χ1) is 9.05. The quantitative estimate of drug-likeness (QED) is 0.888. The van der Waals surface area contributed by atoms with Crippen LogP contribution < -0.4 is 0 Å². The molecule has 0 aliphatic heterocycles. The fraction of sp³-hybridized carbons (Fsp3) is 0.294. The van der Waals surface area contributed by atoms with E-state index in [0.29, 0.717) is 0 Å². The molecule has 0 amide bonds. The molecule has 0 heterocycles. The van der Waals surface area contributed by atoms with Crippen molar-refractivity contribution in [2.24, 2.45) is 0 Å². The van der Waals surface area contributed by atoms with Gasteiger partial charge in [0.1, 0.15) is 0 Å². The van der Waals surface area contributed by atoms with E-state index in [9.17, 15) is 5.11 Å². The van der Waals surface area contributed by atoms with Gasteiger partial charge in [0.2, 0.25) is 0 Å². The third-order valence-corrected chi connectivity index (χ3v) is 4.00. The van der Waals surface area contributed by atoms with Gasteiger partial charge < -0.3 is 5.11 Å². The highest BCUT2D eigenvalue weighted by molar-refractivity contribution is 6.31. The summed E-state index contributed by atoms with van der Waals surface area (Å²) in [4.78, 5) is 0. The minimum Gasteiger partial charge on any atom is -0.395 e. The number of hydrogen-bond acceptors (Lipinski definition) is 1. The summed E-state index contributed by atoms with van der Waals surface area (Å²) in [6.45, 7) is 4.23. The standard InChI is InChI=1S/C17H19ClO/c1-13-7-9-15(10-8-13)17(2,12-19)11-14-5-3-4-6-16(14)18/h3-10,19H,11-12H2,1-2H3. The molecule has 1 atom stereocenters. The van der Waals surface area contributed by atoms with Gasteiger partial charge in [-0.15, -0.1) is 0 Å². The molecule has 0 bridgehead atoms. The molecule has 2 rings (SSSR count). The van der Waals surface area contributed by atoms with Crippen LogP contribution in [0.3, 0.4) is 0 Å². The van der Waals surface area contributed by atoms with Crippen molar-refractivity contribution in [2.45, 2.75) is 25.7 Å². The van der Waals surface area contributed by atoms with Gasteiger partial charge in [-0.2, -0.15) is 0 Å². The van der Waals surface area contributed by atoms with E-state index in [0.717, 1.165) is 22.6 Å². The van der Waals surface area contributed by atoms with E-state index in [1.165, 1.54) is 5.56 Å². The molecular formula is C17H19ClO. The summed E-state index contributed by atoms with van der Waals surface area (Å²) in [5, 5.41) is 10.6. The Balaban J connectivity index is 2.33. The molecule has 0 fully saturated rings. The Labute approximate surface area is 119 Å². The summed E-state index contributed by atoms with van der Waals surface area (Å²) >= 11 is 6.22. The molecule has 0 aliphatic carbocycles. The first kappa shape index (κ1) is 14.1. The Bertz CT molecular complexity index is 547. The highest BCUT2D eigenvalue weighted by Gasteiger charge is 2.26. The number of benzene rings is 2. The summed E-state index contributed by atoms with van der Waals surface area (Å²) in [7, 11) is 0. The number of halogens is 1. The zero-order chi connectivity index (χ0) is 13.9. The highest BCUT2D eigenvalue weighted by atomic mass is 35.5. The van der Waals surface area contributed by atoms with Gasteiger partial charge in [-0.1, -0.05) is 66.6 Å². The molecule has 2 aromatic rings. The maximum Gasteiger partial charge on any atom is 0.0528 e. The van der Waals surface area contributed by atoms with Crippen molar-refractivity contribution < 1.29 is 5.11 Å². The van der Waals surface area contributed by atoms with Crippen LogP contribution in [0.2, 0.25) is 5.02 Å². The summed E-state index contributed by atoms with van der Waals surface area (Å²) in [5.41, 5.74) is 3.13. The second-order valence-corrected chi connectivity index (χ2v) is 5.76. The van der Waals surface area contributed by atoms with Crippen LogP contribution in [0.1, 0.15) is 23.6 Å². The van der Waals surface area contributed by atoms with Crippen LogP contribution in [-0.4, -0.2) is 11.7 Å². The van der Waals surface area contributed by atoms with Crippen LogP contribution in [0.25, 0.3) is 0 Å². The van der Waals surface area contributed by atoms with Crippen LogP contribution in [0.5, 0.6) is 0 Å². The van der Waals surface area contributed by atoms with Gasteiger partial charge >= 0.3 is 0 Å². The topological polar surface area (TPSA) is 20.2 Å². The molecule has 0 saturated heterocycles. The fourth-order valence-corrected chi connectivity index (χ4v) is 2.47. The Hall–Kier alpha value is -1.31. The monoisotopic (exact) mass is 274 g/mol. The minimum atomic E-state index is -0.307. The van der Waals surface area contributed by atoms with Crippen molar-refractivity contribution in [1.29, 1.82) is 0 Å². The summed E-state index contributed by atoms with van der Waals surface area (Å²) in [6, 6.07) is 16.1. The molecular weight excluding hydrogens is 256 g/mol. The predicted octanol–water partition coefficient (Wildman–Crippen LogP) is 4.14. The number of aliphatic hydroxyl groups is 1. The number of rotatable bonds is 4. The van der Waals surface area contributed by atoms with Gasteiger partial charge in [-0.3, -0.25) is 0 Å². The lowest BCUT2D eigenvalue weighted by molar-refractivity contribution is 0.204. The number of hydrogen-bond donors (Lipinski definition) is 1. The maximum absolute atomic E-state index is 9.82. The van der Waals surface area contributed by atoms with E-state index in [2.05, 4.69) is 38.1 Å². The van der Waals surface area contributed by atoms with Crippen LogP contribution in [0.4, 0.5) is 0 Å². The van der Waals surface area contributed by atoms with Crippen LogP contribution >= 0.6 is 11.6 Å². The number of aryl methyl sites for hydroxylation is 1. The van der Waals surface area contributed by atoms with Crippen LogP contribution in [0, 0.1) is 6.92 Å². The van der Waals surface area contributed by atoms with E-state index in [4.69, 9.17) is 11.6 Å². The molecule has 0 aromatic heterocycles. The zero-order valence-electron chi connectivity index (χ0n) is 11.4.